The lowest BCUT2D eigenvalue weighted by atomic mass is 9.79. The molecule has 126 valence electrons. The van der Waals surface area contributed by atoms with Crippen LogP contribution in [0.3, 0.4) is 0 Å². The standard InChI is InChI=1S/C16H32O5/c1-5-15(13-18-14-15)12-16(19-7-3,20-8-4)21-11-9-10-17-6-2/h5-14H2,1-4H3. The molecule has 5 heteroatoms. The first-order valence-corrected chi connectivity index (χ1v) is 8.23. The van der Waals surface area contributed by atoms with Crippen LogP contribution in [0, 0.1) is 5.41 Å². The van der Waals surface area contributed by atoms with Crippen LogP contribution in [0.4, 0.5) is 0 Å². The highest BCUT2D eigenvalue weighted by atomic mass is 16.9. The maximum Gasteiger partial charge on any atom is 0.283 e. The first-order valence-electron chi connectivity index (χ1n) is 8.23. The molecule has 1 aliphatic rings. The fourth-order valence-corrected chi connectivity index (χ4v) is 2.53. The topological polar surface area (TPSA) is 46.2 Å². The Morgan fingerprint density at radius 1 is 0.905 bits per heavy atom. The Bertz CT molecular complexity index is 254. The minimum absolute atomic E-state index is 0.115. The van der Waals surface area contributed by atoms with Gasteiger partial charge in [0.2, 0.25) is 0 Å². The first-order chi connectivity index (χ1) is 10.2. The summed E-state index contributed by atoms with van der Waals surface area (Å²) in [5.74, 6) is -0.949. The molecule has 1 aliphatic heterocycles. The molecule has 0 unspecified atom stereocenters. The Morgan fingerprint density at radius 3 is 2.00 bits per heavy atom. The van der Waals surface area contributed by atoms with Crippen molar-refractivity contribution >= 4 is 0 Å². The van der Waals surface area contributed by atoms with Crippen molar-refractivity contribution in [2.75, 3.05) is 46.2 Å². The summed E-state index contributed by atoms with van der Waals surface area (Å²) in [7, 11) is 0. The van der Waals surface area contributed by atoms with Gasteiger partial charge in [0, 0.05) is 38.3 Å². The molecule has 21 heavy (non-hydrogen) atoms. The second kappa shape index (κ2) is 9.74. The first kappa shape index (κ1) is 18.8. The molecule has 1 heterocycles. The van der Waals surface area contributed by atoms with Crippen molar-refractivity contribution < 1.29 is 23.7 Å². The zero-order valence-electron chi connectivity index (χ0n) is 14.1. The molecule has 0 bridgehead atoms. The molecule has 1 saturated heterocycles. The lowest BCUT2D eigenvalue weighted by Crippen LogP contribution is -2.52. The lowest BCUT2D eigenvalue weighted by molar-refractivity contribution is -0.398. The molecule has 0 radical (unpaired) electrons. The van der Waals surface area contributed by atoms with Crippen LogP contribution in [-0.4, -0.2) is 52.2 Å². The summed E-state index contributed by atoms with van der Waals surface area (Å²) < 4.78 is 28.5. The summed E-state index contributed by atoms with van der Waals surface area (Å²) >= 11 is 0. The van der Waals surface area contributed by atoms with E-state index in [0.717, 1.165) is 32.7 Å². The summed E-state index contributed by atoms with van der Waals surface area (Å²) in [5.41, 5.74) is 0.115. The van der Waals surface area contributed by atoms with Gasteiger partial charge in [-0.05, 0) is 33.6 Å². The fraction of sp³-hybridized carbons (Fsp3) is 1.00. The van der Waals surface area contributed by atoms with Gasteiger partial charge in [0.25, 0.3) is 5.97 Å². The molecule has 0 spiro atoms. The lowest BCUT2D eigenvalue weighted by Gasteiger charge is -2.46. The smallest absolute Gasteiger partial charge is 0.283 e. The van der Waals surface area contributed by atoms with E-state index in [4.69, 9.17) is 23.7 Å². The SMILES string of the molecule is CCOCCCOC(CC1(CC)COC1)(OCC)OCC. The van der Waals surface area contributed by atoms with Crippen LogP contribution in [0.15, 0.2) is 0 Å². The van der Waals surface area contributed by atoms with Crippen LogP contribution in [0.5, 0.6) is 0 Å². The van der Waals surface area contributed by atoms with Crippen LogP contribution < -0.4 is 0 Å². The van der Waals surface area contributed by atoms with E-state index in [0.29, 0.717) is 32.8 Å². The molecule has 0 aliphatic carbocycles. The van der Waals surface area contributed by atoms with Crippen molar-refractivity contribution in [3.63, 3.8) is 0 Å². The zero-order chi connectivity index (χ0) is 15.6. The highest BCUT2D eigenvalue weighted by Crippen LogP contribution is 2.41. The molecule has 0 N–H and O–H groups in total. The van der Waals surface area contributed by atoms with Crippen molar-refractivity contribution in [1.82, 2.24) is 0 Å². The normalized spacial score (nSPS) is 17.7. The van der Waals surface area contributed by atoms with Gasteiger partial charge in [-0.15, -0.1) is 0 Å². The van der Waals surface area contributed by atoms with Gasteiger partial charge in [0.05, 0.1) is 19.8 Å². The van der Waals surface area contributed by atoms with Crippen LogP contribution >= 0.6 is 0 Å². The van der Waals surface area contributed by atoms with Gasteiger partial charge >= 0.3 is 0 Å². The molecule has 0 amide bonds. The van der Waals surface area contributed by atoms with Crippen LogP contribution in [0.2, 0.25) is 0 Å². The second-order valence-corrected chi connectivity index (χ2v) is 5.47. The Labute approximate surface area is 129 Å². The van der Waals surface area contributed by atoms with E-state index in [-0.39, 0.29) is 5.41 Å². The molecular formula is C16H32O5. The molecule has 0 aromatic heterocycles. The van der Waals surface area contributed by atoms with E-state index in [1.165, 1.54) is 0 Å². The summed E-state index contributed by atoms with van der Waals surface area (Å²) in [4.78, 5) is 0. The van der Waals surface area contributed by atoms with Crippen LogP contribution in [0.1, 0.15) is 47.0 Å². The predicted octanol–water partition coefficient (Wildman–Crippen LogP) is 2.97. The summed E-state index contributed by atoms with van der Waals surface area (Å²) in [6, 6.07) is 0. The minimum Gasteiger partial charge on any atom is -0.382 e. The maximum atomic E-state index is 6.01. The highest BCUT2D eigenvalue weighted by molar-refractivity contribution is 4.87. The average molecular weight is 304 g/mol. The molecule has 0 atom stereocenters. The third-order valence-electron chi connectivity index (χ3n) is 3.85. The molecule has 0 aromatic carbocycles. The van der Waals surface area contributed by atoms with E-state index in [9.17, 15) is 0 Å². The molecular weight excluding hydrogens is 272 g/mol. The van der Waals surface area contributed by atoms with Crippen molar-refractivity contribution in [2.45, 2.75) is 52.9 Å². The van der Waals surface area contributed by atoms with Gasteiger partial charge in [-0.2, -0.15) is 0 Å². The molecule has 0 aromatic rings. The van der Waals surface area contributed by atoms with Crippen LogP contribution in [-0.2, 0) is 23.7 Å². The number of hydrogen-bond acceptors (Lipinski definition) is 5. The summed E-state index contributed by atoms with van der Waals surface area (Å²) in [6.07, 6.45) is 2.59. The monoisotopic (exact) mass is 304 g/mol. The van der Waals surface area contributed by atoms with Crippen molar-refractivity contribution in [3.8, 4) is 0 Å². The van der Waals surface area contributed by atoms with E-state index in [2.05, 4.69) is 6.92 Å². The third-order valence-corrected chi connectivity index (χ3v) is 3.85. The number of ether oxygens (including phenoxy) is 5. The number of rotatable bonds is 13. The Kier molecular flexibility index (Phi) is 8.74. The second-order valence-electron chi connectivity index (χ2n) is 5.47. The highest BCUT2D eigenvalue weighted by Gasteiger charge is 2.47. The van der Waals surface area contributed by atoms with Gasteiger partial charge < -0.3 is 23.7 Å². The van der Waals surface area contributed by atoms with Gasteiger partial charge in [-0.3, -0.25) is 0 Å². The van der Waals surface area contributed by atoms with Crippen molar-refractivity contribution in [1.29, 1.82) is 0 Å². The number of hydrogen-bond donors (Lipinski definition) is 0. The van der Waals surface area contributed by atoms with E-state index >= 15 is 0 Å². The van der Waals surface area contributed by atoms with Gasteiger partial charge in [-0.1, -0.05) is 6.92 Å². The minimum atomic E-state index is -0.949. The fourth-order valence-electron chi connectivity index (χ4n) is 2.53. The Morgan fingerprint density at radius 2 is 1.57 bits per heavy atom. The van der Waals surface area contributed by atoms with Gasteiger partial charge in [0.15, 0.2) is 0 Å². The van der Waals surface area contributed by atoms with Crippen molar-refractivity contribution in [3.05, 3.63) is 0 Å². The van der Waals surface area contributed by atoms with E-state index in [1.54, 1.807) is 0 Å². The Hall–Kier alpha value is -0.200. The molecule has 5 nitrogen and oxygen atoms in total. The molecule has 1 rings (SSSR count). The third kappa shape index (κ3) is 5.83. The predicted molar refractivity (Wildman–Crippen MR) is 81.2 cm³/mol. The Balaban J connectivity index is 2.58. The van der Waals surface area contributed by atoms with Crippen LogP contribution in [0.25, 0.3) is 0 Å². The average Bonchev–Trinajstić information content (AvgIpc) is 2.43. The summed E-state index contributed by atoms with van der Waals surface area (Å²) in [5, 5.41) is 0. The molecule has 1 fully saturated rings. The van der Waals surface area contributed by atoms with Crippen molar-refractivity contribution in [2.24, 2.45) is 5.41 Å². The largest absolute Gasteiger partial charge is 0.382 e. The van der Waals surface area contributed by atoms with E-state index < -0.39 is 5.97 Å². The maximum absolute atomic E-state index is 6.01. The zero-order valence-corrected chi connectivity index (χ0v) is 14.1. The van der Waals surface area contributed by atoms with E-state index in [1.807, 2.05) is 20.8 Å². The molecule has 0 saturated carbocycles. The summed E-state index contributed by atoms with van der Waals surface area (Å²) in [6.45, 7) is 12.7. The van der Waals surface area contributed by atoms with Gasteiger partial charge in [-0.25, -0.2) is 0 Å². The quantitative estimate of drug-likeness (QED) is 0.387. The van der Waals surface area contributed by atoms with Gasteiger partial charge in [0.1, 0.15) is 0 Å².